The molecule has 2 rings (SSSR count). The maximum Gasteiger partial charge on any atom is 0.573 e. The summed E-state index contributed by atoms with van der Waals surface area (Å²) >= 11 is 1.54. The number of nitrogens with one attached hydrogen (secondary N) is 1. The summed E-state index contributed by atoms with van der Waals surface area (Å²) in [6.07, 6.45) is -4.60. The Morgan fingerprint density at radius 1 is 1.19 bits per heavy atom. The Balaban J connectivity index is 1.83. The number of thiophene rings is 1. The number of carbonyl (C=O) groups is 1. The Hall–Kier alpha value is -2.02. The lowest BCUT2D eigenvalue weighted by Gasteiger charge is -2.09. The standard InChI is InChI=1S/C14H12F3NO2S/c15-14(16,17)20-11-5-3-10(4-6-11)8-13(19)18-9-12-2-1-7-21-12/h1-7H,8-9H2,(H,18,19). The first kappa shape index (κ1) is 15.4. The number of carbonyl (C=O) groups excluding carboxylic acids is 1. The van der Waals surface area contributed by atoms with Gasteiger partial charge in [0.15, 0.2) is 0 Å². The smallest absolute Gasteiger partial charge is 0.406 e. The van der Waals surface area contributed by atoms with E-state index in [9.17, 15) is 18.0 Å². The summed E-state index contributed by atoms with van der Waals surface area (Å²) < 4.78 is 39.8. The van der Waals surface area contributed by atoms with Crippen molar-refractivity contribution < 1.29 is 22.7 Å². The lowest BCUT2D eigenvalue weighted by atomic mass is 10.1. The van der Waals surface area contributed by atoms with Crippen LogP contribution in [0.1, 0.15) is 10.4 Å². The fourth-order valence-electron chi connectivity index (χ4n) is 1.66. The minimum absolute atomic E-state index is 0.109. The Morgan fingerprint density at radius 2 is 1.90 bits per heavy atom. The number of hydrogen-bond acceptors (Lipinski definition) is 3. The Labute approximate surface area is 123 Å². The zero-order valence-electron chi connectivity index (χ0n) is 10.8. The first-order valence-corrected chi connectivity index (χ1v) is 6.94. The van der Waals surface area contributed by atoms with Crippen molar-refractivity contribution in [3.63, 3.8) is 0 Å². The van der Waals surface area contributed by atoms with Crippen molar-refractivity contribution >= 4 is 17.2 Å². The summed E-state index contributed by atoms with van der Waals surface area (Å²) in [7, 11) is 0. The van der Waals surface area contributed by atoms with Crippen molar-refractivity contribution in [3.05, 3.63) is 52.2 Å². The molecule has 0 aliphatic heterocycles. The molecule has 2 aromatic rings. The second-order valence-electron chi connectivity index (χ2n) is 4.22. The molecule has 0 radical (unpaired) electrons. The molecule has 0 atom stereocenters. The molecule has 3 nitrogen and oxygen atoms in total. The number of alkyl halides is 3. The van der Waals surface area contributed by atoms with E-state index in [0.717, 1.165) is 4.88 Å². The molecule has 7 heteroatoms. The SMILES string of the molecule is O=C(Cc1ccc(OC(F)(F)F)cc1)NCc1cccs1. The monoisotopic (exact) mass is 315 g/mol. The molecule has 1 amide bonds. The molecular weight excluding hydrogens is 303 g/mol. The third kappa shape index (κ3) is 5.47. The average Bonchev–Trinajstić information content (AvgIpc) is 2.90. The quantitative estimate of drug-likeness (QED) is 0.917. The van der Waals surface area contributed by atoms with E-state index in [1.165, 1.54) is 24.3 Å². The predicted octanol–water partition coefficient (Wildman–Crippen LogP) is 3.51. The Kier molecular flexibility index (Phi) is 4.85. The second-order valence-corrected chi connectivity index (χ2v) is 5.26. The highest BCUT2D eigenvalue weighted by molar-refractivity contribution is 7.09. The van der Waals surface area contributed by atoms with Gasteiger partial charge in [0, 0.05) is 4.88 Å². The van der Waals surface area contributed by atoms with Crippen molar-refractivity contribution in [2.75, 3.05) is 0 Å². The van der Waals surface area contributed by atoms with Gasteiger partial charge in [0.1, 0.15) is 5.75 Å². The zero-order chi connectivity index (χ0) is 15.3. The van der Waals surface area contributed by atoms with E-state index in [1.54, 1.807) is 11.3 Å². The molecule has 21 heavy (non-hydrogen) atoms. The van der Waals surface area contributed by atoms with Crippen LogP contribution in [-0.2, 0) is 17.8 Å². The van der Waals surface area contributed by atoms with Crippen LogP contribution in [0.2, 0.25) is 0 Å². The summed E-state index contributed by atoms with van der Waals surface area (Å²) in [5.74, 6) is -0.488. The van der Waals surface area contributed by atoms with E-state index in [-0.39, 0.29) is 18.1 Å². The molecule has 0 fully saturated rings. The molecule has 0 spiro atoms. The number of halogens is 3. The van der Waals surface area contributed by atoms with Crippen molar-refractivity contribution in [3.8, 4) is 5.75 Å². The number of hydrogen-bond donors (Lipinski definition) is 1. The topological polar surface area (TPSA) is 38.3 Å². The van der Waals surface area contributed by atoms with Gasteiger partial charge < -0.3 is 10.1 Å². The van der Waals surface area contributed by atoms with Crippen LogP contribution >= 0.6 is 11.3 Å². The van der Waals surface area contributed by atoms with Crippen molar-refractivity contribution in [1.29, 1.82) is 0 Å². The molecule has 1 aromatic heterocycles. The molecule has 112 valence electrons. The first-order chi connectivity index (χ1) is 9.92. The van der Waals surface area contributed by atoms with Crippen LogP contribution in [0.15, 0.2) is 41.8 Å². The summed E-state index contributed by atoms with van der Waals surface area (Å²) in [6, 6.07) is 9.06. The van der Waals surface area contributed by atoms with Crippen LogP contribution in [0.3, 0.4) is 0 Å². The van der Waals surface area contributed by atoms with Crippen molar-refractivity contribution in [2.45, 2.75) is 19.3 Å². The molecule has 0 aliphatic rings. The Bertz CT molecular complexity index is 579. The number of rotatable bonds is 5. The van der Waals surface area contributed by atoms with Gasteiger partial charge >= 0.3 is 6.36 Å². The molecule has 0 aliphatic carbocycles. The van der Waals surface area contributed by atoms with Gasteiger partial charge in [0.2, 0.25) is 5.91 Å². The van der Waals surface area contributed by atoms with Gasteiger partial charge in [-0.2, -0.15) is 0 Å². The molecule has 0 saturated heterocycles. The van der Waals surface area contributed by atoms with Crippen LogP contribution in [0.4, 0.5) is 13.2 Å². The van der Waals surface area contributed by atoms with Crippen LogP contribution < -0.4 is 10.1 Å². The molecule has 1 aromatic carbocycles. The van der Waals surface area contributed by atoms with Gasteiger partial charge in [-0.15, -0.1) is 24.5 Å². The summed E-state index contributed by atoms with van der Waals surface area (Å²) in [6.45, 7) is 0.450. The first-order valence-electron chi connectivity index (χ1n) is 6.06. The highest BCUT2D eigenvalue weighted by Crippen LogP contribution is 2.22. The van der Waals surface area contributed by atoms with Crippen LogP contribution in [0.5, 0.6) is 5.75 Å². The van der Waals surface area contributed by atoms with Crippen LogP contribution in [-0.4, -0.2) is 12.3 Å². The lowest BCUT2D eigenvalue weighted by molar-refractivity contribution is -0.274. The second kappa shape index (κ2) is 6.62. The largest absolute Gasteiger partial charge is 0.573 e. The summed E-state index contributed by atoms with van der Waals surface area (Å²) in [5, 5.41) is 4.66. The van der Waals surface area contributed by atoms with Crippen molar-refractivity contribution in [1.82, 2.24) is 5.32 Å². The lowest BCUT2D eigenvalue weighted by Crippen LogP contribution is -2.24. The van der Waals surface area contributed by atoms with E-state index in [4.69, 9.17) is 0 Å². The van der Waals surface area contributed by atoms with Gasteiger partial charge in [0.25, 0.3) is 0 Å². The summed E-state index contributed by atoms with van der Waals surface area (Å²) in [5.41, 5.74) is 0.619. The highest BCUT2D eigenvalue weighted by Gasteiger charge is 2.30. The van der Waals surface area contributed by atoms with Gasteiger partial charge in [-0.05, 0) is 29.1 Å². The summed E-state index contributed by atoms with van der Waals surface area (Å²) in [4.78, 5) is 12.7. The third-order valence-electron chi connectivity index (χ3n) is 2.56. The fourth-order valence-corrected chi connectivity index (χ4v) is 2.30. The zero-order valence-corrected chi connectivity index (χ0v) is 11.6. The minimum Gasteiger partial charge on any atom is -0.406 e. The van der Waals surface area contributed by atoms with Gasteiger partial charge in [-0.25, -0.2) is 0 Å². The van der Waals surface area contributed by atoms with Crippen LogP contribution in [0, 0.1) is 0 Å². The van der Waals surface area contributed by atoms with Gasteiger partial charge in [-0.3, -0.25) is 4.79 Å². The highest BCUT2D eigenvalue weighted by atomic mass is 32.1. The maximum absolute atomic E-state index is 12.0. The molecular formula is C14H12F3NO2S. The molecule has 0 saturated carbocycles. The van der Waals surface area contributed by atoms with E-state index < -0.39 is 6.36 Å². The number of ether oxygens (including phenoxy) is 1. The maximum atomic E-state index is 12.0. The van der Waals surface area contributed by atoms with Crippen molar-refractivity contribution in [2.24, 2.45) is 0 Å². The normalized spacial score (nSPS) is 11.2. The Morgan fingerprint density at radius 3 is 2.48 bits per heavy atom. The van der Waals surface area contributed by atoms with Gasteiger partial charge in [-0.1, -0.05) is 18.2 Å². The number of benzene rings is 1. The van der Waals surface area contributed by atoms with Gasteiger partial charge in [0.05, 0.1) is 13.0 Å². The molecule has 0 bridgehead atoms. The van der Waals surface area contributed by atoms with E-state index in [0.29, 0.717) is 12.1 Å². The van der Waals surface area contributed by atoms with E-state index >= 15 is 0 Å². The molecule has 0 unspecified atom stereocenters. The average molecular weight is 315 g/mol. The molecule has 1 N–H and O–H groups in total. The predicted molar refractivity (Wildman–Crippen MR) is 73.0 cm³/mol. The fraction of sp³-hybridized carbons (Fsp3) is 0.214. The number of amides is 1. The van der Waals surface area contributed by atoms with E-state index in [1.807, 2.05) is 17.5 Å². The van der Waals surface area contributed by atoms with Crippen LogP contribution in [0.25, 0.3) is 0 Å². The minimum atomic E-state index is -4.71. The van der Waals surface area contributed by atoms with E-state index in [2.05, 4.69) is 10.1 Å². The molecule has 1 heterocycles. The third-order valence-corrected chi connectivity index (χ3v) is 3.44.